The number of aromatic hydroxyl groups is 1. The molecule has 0 spiro atoms. The number of nitrogens with two attached hydrogens (primary N) is 1. The average Bonchev–Trinajstić information content (AvgIpc) is 2.36. The minimum absolute atomic E-state index is 0.0345. The molecule has 1 rings (SSSR count). The van der Waals surface area contributed by atoms with Gasteiger partial charge < -0.3 is 16.2 Å². The Morgan fingerprint density at radius 3 is 2.65 bits per heavy atom. The number of aromatic nitrogens is 1. The summed E-state index contributed by atoms with van der Waals surface area (Å²) in [7, 11) is 0. The number of nitrogens with one attached hydrogen (secondary N) is 1. The summed E-state index contributed by atoms with van der Waals surface area (Å²) in [5.41, 5.74) is 5.30. The van der Waals surface area contributed by atoms with E-state index >= 15 is 0 Å². The molecule has 1 aromatic heterocycles. The monoisotopic (exact) mass is 237 g/mol. The predicted molar refractivity (Wildman–Crippen MR) is 65.7 cm³/mol. The molecule has 1 amide bonds. The van der Waals surface area contributed by atoms with Crippen molar-refractivity contribution in [2.24, 2.45) is 5.73 Å². The summed E-state index contributed by atoms with van der Waals surface area (Å²) < 4.78 is 0. The second kappa shape index (κ2) is 5.63. The molecule has 0 saturated carbocycles. The van der Waals surface area contributed by atoms with Gasteiger partial charge in [-0.3, -0.25) is 4.79 Å². The zero-order valence-electron chi connectivity index (χ0n) is 10.2. The Morgan fingerprint density at radius 1 is 1.53 bits per heavy atom. The number of pyridine rings is 1. The summed E-state index contributed by atoms with van der Waals surface area (Å²) in [6.07, 6.45) is 2.94. The van der Waals surface area contributed by atoms with Gasteiger partial charge in [0.05, 0.1) is 5.54 Å². The van der Waals surface area contributed by atoms with Crippen LogP contribution in [0, 0.1) is 0 Å². The van der Waals surface area contributed by atoms with Crippen LogP contribution in [0.2, 0.25) is 0 Å². The van der Waals surface area contributed by atoms with Gasteiger partial charge in [0.15, 0.2) is 5.69 Å². The third kappa shape index (κ3) is 2.94. The lowest BCUT2D eigenvalue weighted by Gasteiger charge is -2.31. The minimum atomic E-state index is -0.430. The molecule has 0 atom stereocenters. The van der Waals surface area contributed by atoms with E-state index in [0.717, 1.165) is 12.8 Å². The summed E-state index contributed by atoms with van der Waals surface area (Å²) >= 11 is 0. The minimum Gasteiger partial charge on any atom is -0.505 e. The molecule has 0 saturated heterocycles. The summed E-state index contributed by atoms with van der Waals surface area (Å²) in [5.74, 6) is -0.514. The van der Waals surface area contributed by atoms with Crippen molar-refractivity contribution in [1.29, 1.82) is 0 Å². The smallest absolute Gasteiger partial charge is 0.274 e. The Morgan fingerprint density at radius 2 is 2.18 bits per heavy atom. The molecule has 5 heteroatoms. The summed E-state index contributed by atoms with van der Waals surface area (Å²) in [6, 6.07) is 3.01. The third-order valence-corrected chi connectivity index (χ3v) is 3.12. The molecular formula is C12H19N3O2. The fourth-order valence-electron chi connectivity index (χ4n) is 1.64. The number of amides is 1. The van der Waals surface area contributed by atoms with Crippen LogP contribution in [0.25, 0.3) is 0 Å². The topological polar surface area (TPSA) is 88.2 Å². The van der Waals surface area contributed by atoms with E-state index in [0.29, 0.717) is 6.54 Å². The number of rotatable bonds is 5. The first kappa shape index (κ1) is 13.4. The van der Waals surface area contributed by atoms with Gasteiger partial charge in [-0.25, -0.2) is 4.98 Å². The number of carbonyl (C=O) groups is 1. The SMILES string of the molecule is CCC(CC)(CN)NC(=O)c1ncccc1O. The van der Waals surface area contributed by atoms with Gasteiger partial charge in [-0.2, -0.15) is 0 Å². The molecule has 0 radical (unpaired) electrons. The highest BCUT2D eigenvalue weighted by molar-refractivity contribution is 5.95. The maximum Gasteiger partial charge on any atom is 0.274 e. The van der Waals surface area contributed by atoms with Crippen LogP contribution in [-0.2, 0) is 0 Å². The highest BCUT2D eigenvalue weighted by Gasteiger charge is 2.28. The lowest BCUT2D eigenvalue weighted by molar-refractivity contribution is 0.0887. The van der Waals surface area contributed by atoms with E-state index in [1.807, 2.05) is 13.8 Å². The summed E-state index contributed by atoms with van der Waals surface area (Å²) in [5, 5.41) is 12.4. The first-order chi connectivity index (χ1) is 8.08. The molecule has 0 aromatic carbocycles. The van der Waals surface area contributed by atoms with Crippen LogP contribution in [0.5, 0.6) is 5.75 Å². The fraction of sp³-hybridized carbons (Fsp3) is 0.500. The van der Waals surface area contributed by atoms with E-state index in [-0.39, 0.29) is 11.4 Å². The van der Waals surface area contributed by atoms with Crippen LogP contribution >= 0.6 is 0 Å². The van der Waals surface area contributed by atoms with Crippen molar-refractivity contribution in [3.8, 4) is 5.75 Å². The second-order valence-electron chi connectivity index (χ2n) is 4.02. The molecule has 1 heterocycles. The van der Waals surface area contributed by atoms with Gasteiger partial charge in [0, 0.05) is 12.7 Å². The van der Waals surface area contributed by atoms with Gasteiger partial charge in [0.25, 0.3) is 5.91 Å². The van der Waals surface area contributed by atoms with Crippen molar-refractivity contribution >= 4 is 5.91 Å². The van der Waals surface area contributed by atoms with Crippen molar-refractivity contribution < 1.29 is 9.90 Å². The lowest BCUT2D eigenvalue weighted by Crippen LogP contribution is -2.53. The molecular weight excluding hydrogens is 218 g/mol. The van der Waals surface area contributed by atoms with Crippen molar-refractivity contribution in [3.63, 3.8) is 0 Å². The maximum atomic E-state index is 12.0. The summed E-state index contributed by atoms with van der Waals surface area (Å²) in [6.45, 7) is 4.29. The van der Waals surface area contributed by atoms with Crippen molar-refractivity contribution in [2.45, 2.75) is 32.2 Å². The van der Waals surface area contributed by atoms with Crippen LogP contribution in [0.4, 0.5) is 0 Å². The molecule has 0 aliphatic heterocycles. The van der Waals surface area contributed by atoms with E-state index in [2.05, 4.69) is 10.3 Å². The molecule has 0 aliphatic rings. The van der Waals surface area contributed by atoms with E-state index < -0.39 is 11.4 Å². The third-order valence-electron chi connectivity index (χ3n) is 3.12. The molecule has 0 unspecified atom stereocenters. The van der Waals surface area contributed by atoms with E-state index in [9.17, 15) is 9.90 Å². The molecule has 94 valence electrons. The quantitative estimate of drug-likeness (QED) is 0.713. The Kier molecular flexibility index (Phi) is 4.45. The maximum absolute atomic E-state index is 12.0. The van der Waals surface area contributed by atoms with Crippen molar-refractivity contribution in [3.05, 3.63) is 24.0 Å². The summed E-state index contributed by atoms with van der Waals surface area (Å²) in [4.78, 5) is 15.8. The average molecular weight is 237 g/mol. The lowest BCUT2D eigenvalue weighted by atomic mass is 9.92. The predicted octanol–water partition coefficient (Wildman–Crippen LogP) is 1.03. The zero-order chi connectivity index (χ0) is 12.9. The van der Waals surface area contributed by atoms with Gasteiger partial charge in [0.1, 0.15) is 5.75 Å². The normalized spacial score (nSPS) is 11.2. The van der Waals surface area contributed by atoms with Gasteiger partial charge >= 0.3 is 0 Å². The van der Waals surface area contributed by atoms with Gasteiger partial charge in [-0.05, 0) is 25.0 Å². The van der Waals surface area contributed by atoms with Crippen LogP contribution in [0.15, 0.2) is 18.3 Å². The molecule has 0 bridgehead atoms. The van der Waals surface area contributed by atoms with Crippen molar-refractivity contribution in [1.82, 2.24) is 10.3 Å². The first-order valence-corrected chi connectivity index (χ1v) is 5.75. The van der Waals surface area contributed by atoms with Gasteiger partial charge in [0.2, 0.25) is 0 Å². The molecule has 0 aliphatic carbocycles. The Balaban J connectivity index is 2.89. The molecule has 1 aromatic rings. The Labute approximate surface area is 101 Å². The van der Waals surface area contributed by atoms with E-state index in [1.54, 1.807) is 6.07 Å². The zero-order valence-corrected chi connectivity index (χ0v) is 10.2. The first-order valence-electron chi connectivity index (χ1n) is 5.75. The fourth-order valence-corrected chi connectivity index (χ4v) is 1.64. The van der Waals surface area contributed by atoms with Crippen LogP contribution in [0.1, 0.15) is 37.2 Å². The van der Waals surface area contributed by atoms with Crippen LogP contribution in [0.3, 0.4) is 0 Å². The molecule has 0 fully saturated rings. The Hall–Kier alpha value is -1.62. The molecule has 5 nitrogen and oxygen atoms in total. The van der Waals surface area contributed by atoms with Crippen LogP contribution < -0.4 is 11.1 Å². The second-order valence-corrected chi connectivity index (χ2v) is 4.02. The number of nitrogens with zero attached hydrogens (tertiary/aromatic N) is 1. The van der Waals surface area contributed by atoms with Crippen molar-refractivity contribution in [2.75, 3.05) is 6.54 Å². The largest absolute Gasteiger partial charge is 0.505 e. The Bertz CT molecular complexity index is 381. The molecule has 17 heavy (non-hydrogen) atoms. The number of hydrogen-bond donors (Lipinski definition) is 3. The molecule has 4 N–H and O–H groups in total. The van der Waals surface area contributed by atoms with E-state index in [4.69, 9.17) is 5.73 Å². The highest BCUT2D eigenvalue weighted by atomic mass is 16.3. The van der Waals surface area contributed by atoms with Gasteiger partial charge in [-0.15, -0.1) is 0 Å². The number of carbonyl (C=O) groups excluding carboxylic acids is 1. The highest BCUT2D eigenvalue weighted by Crippen LogP contribution is 2.17. The van der Waals surface area contributed by atoms with Gasteiger partial charge in [-0.1, -0.05) is 13.8 Å². The van der Waals surface area contributed by atoms with Crippen LogP contribution in [-0.4, -0.2) is 28.1 Å². The number of hydrogen-bond acceptors (Lipinski definition) is 4. The van der Waals surface area contributed by atoms with E-state index in [1.165, 1.54) is 12.3 Å². The standard InChI is InChI=1S/C12H19N3O2/c1-3-12(4-2,8-13)15-11(17)10-9(16)6-5-7-14-10/h5-7,16H,3-4,8,13H2,1-2H3,(H,15,17).